The minimum atomic E-state index is -0.520. The van der Waals surface area contributed by atoms with E-state index in [-0.39, 0.29) is 17.3 Å². The van der Waals surface area contributed by atoms with Crippen molar-refractivity contribution in [3.63, 3.8) is 0 Å². The molecule has 0 unspecified atom stereocenters. The van der Waals surface area contributed by atoms with E-state index in [2.05, 4.69) is 20.6 Å². The lowest BCUT2D eigenvalue weighted by Gasteiger charge is -2.20. The molecule has 2 aliphatic rings. The van der Waals surface area contributed by atoms with Crippen LogP contribution in [0.15, 0.2) is 146 Å². The fraction of sp³-hybridized carbons (Fsp3) is 0.0727. The van der Waals surface area contributed by atoms with Crippen molar-refractivity contribution in [2.45, 2.75) is 26.2 Å². The third-order valence-corrected chi connectivity index (χ3v) is 13.2. The number of hydrogen-bond acceptors (Lipinski definition) is 10. The number of benzene rings is 5. The monoisotopic (exact) mass is 988 g/mol. The second kappa shape index (κ2) is 18.1. The van der Waals surface area contributed by atoms with Crippen LogP contribution < -0.4 is 16.4 Å². The Morgan fingerprint density at radius 3 is 1.89 bits per heavy atom. The molecule has 10 aromatic rings. The molecule has 18 heteroatoms. The molecule has 0 spiro atoms. The summed E-state index contributed by atoms with van der Waals surface area (Å²) in [6, 6.07) is 32.6. The van der Waals surface area contributed by atoms with Gasteiger partial charge in [0.2, 0.25) is 0 Å². The van der Waals surface area contributed by atoms with Crippen molar-refractivity contribution in [3.8, 4) is 56.3 Å². The van der Waals surface area contributed by atoms with Crippen LogP contribution in [0.2, 0.25) is 0 Å². The Balaban J connectivity index is 0.833. The van der Waals surface area contributed by atoms with Gasteiger partial charge in [0.25, 0.3) is 0 Å². The fourth-order valence-corrected chi connectivity index (χ4v) is 9.42. The third-order valence-electron chi connectivity index (χ3n) is 12.9. The molecule has 7 heterocycles. The third kappa shape index (κ3) is 8.52. The van der Waals surface area contributed by atoms with Crippen molar-refractivity contribution in [1.82, 2.24) is 44.7 Å². The molecule has 0 aliphatic carbocycles. The lowest BCUT2D eigenvalue weighted by Crippen LogP contribution is -2.30. The van der Waals surface area contributed by atoms with Gasteiger partial charge in [-0.05, 0) is 145 Å². The number of pyridine rings is 3. The molecule has 2 aliphatic heterocycles. The van der Waals surface area contributed by atoms with Crippen LogP contribution >= 0.6 is 12.2 Å². The average molecular weight is 989 g/mol. The van der Waals surface area contributed by atoms with Crippen LogP contribution in [0.3, 0.4) is 0 Å². The number of nitrogens with two attached hydrogens (primary N) is 1. The van der Waals surface area contributed by atoms with Crippen molar-refractivity contribution >= 4 is 62.6 Å². The van der Waals surface area contributed by atoms with Gasteiger partial charge in [0.05, 0.1) is 69.5 Å². The van der Waals surface area contributed by atoms with E-state index in [1.165, 1.54) is 42.5 Å². The average Bonchev–Trinajstić information content (AvgIpc) is 4.06. The van der Waals surface area contributed by atoms with E-state index in [1.54, 1.807) is 90.2 Å². The highest BCUT2D eigenvalue weighted by Gasteiger charge is 2.29. The molecule has 2 amide bonds. The number of aromatic nitrogens is 7. The number of amides is 2. The lowest BCUT2D eigenvalue weighted by atomic mass is 9.97. The molecule has 356 valence electrons. The van der Waals surface area contributed by atoms with Crippen molar-refractivity contribution in [2.24, 2.45) is 0 Å². The topological polar surface area (TPSA) is 164 Å². The zero-order valence-electron chi connectivity index (χ0n) is 38.1. The highest BCUT2D eigenvalue weighted by atomic mass is 32.1. The van der Waals surface area contributed by atoms with Crippen molar-refractivity contribution in [2.75, 3.05) is 16.4 Å². The van der Waals surface area contributed by atoms with Gasteiger partial charge in [-0.25, -0.2) is 47.3 Å². The van der Waals surface area contributed by atoms with E-state index in [0.717, 1.165) is 22.4 Å². The summed E-state index contributed by atoms with van der Waals surface area (Å²) in [5, 5.41) is 6.55. The molecule has 13 nitrogen and oxygen atoms in total. The number of nitrogens with one attached hydrogen (secondary N) is 2. The smallest absolute Gasteiger partial charge is 0.322 e. The summed E-state index contributed by atoms with van der Waals surface area (Å²) in [7, 11) is 0. The number of nitrogens with zero attached hydrogens (tertiary/aromatic N) is 9. The zero-order valence-corrected chi connectivity index (χ0v) is 38.9. The van der Waals surface area contributed by atoms with Gasteiger partial charge in [-0.15, -0.1) is 0 Å². The zero-order chi connectivity index (χ0) is 49.9. The number of urea groups is 1. The fourth-order valence-electron chi connectivity index (χ4n) is 9.17. The summed E-state index contributed by atoms with van der Waals surface area (Å²) in [6.07, 6.45) is 4.91. The van der Waals surface area contributed by atoms with E-state index >= 15 is 4.39 Å². The predicted molar refractivity (Wildman–Crippen MR) is 274 cm³/mol. The van der Waals surface area contributed by atoms with Gasteiger partial charge in [-0.3, -0.25) is 9.97 Å². The van der Waals surface area contributed by atoms with Crippen molar-refractivity contribution in [1.29, 1.82) is 0 Å². The summed E-state index contributed by atoms with van der Waals surface area (Å²) < 4.78 is 58.4. The Morgan fingerprint density at radius 1 is 0.562 bits per heavy atom. The van der Waals surface area contributed by atoms with Crippen molar-refractivity contribution < 1.29 is 22.4 Å². The van der Waals surface area contributed by atoms with E-state index in [1.807, 2.05) is 23.1 Å². The lowest BCUT2D eigenvalue weighted by molar-refractivity contribution is 0.212. The number of fused-ring (bicyclic) bond motifs is 4. The van der Waals surface area contributed by atoms with Crippen LogP contribution in [-0.4, -0.2) is 55.8 Å². The second-order valence-corrected chi connectivity index (χ2v) is 17.9. The largest absolute Gasteiger partial charge is 0.395 e. The first kappa shape index (κ1) is 44.9. The van der Waals surface area contributed by atoms with Crippen LogP contribution in [0.25, 0.3) is 78.5 Å². The van der Waals surface area contributed by atoms with E-state index < -0.39 is 23.3 Å². The van der Waals surface area contributed by atoms with Gasteiger partial charge in [-0.1, -0.05) is 6.07 Å². The molecular weight excluding hydrogens is 953 g/mol. The first-order valence-electron chi connectivity index (χ1n) is 22.9. The number of nitrogen functional groups attached to an aromatic ring is 1. The Labute approximate surface area is 418 Å². The molecule has 73 heavy (non-hydrogen) atoms. The Kier molecular flexibility index (Phi) is 11.2. The molecule has 4 N–H and O–H groups in total. The number of anilines is 3. The van der Waals surface area contributed by atoms with Gasteiger partial charge in [0, 0.05) is 65.4 Å². The van der Waals surface area contributed by atoms with Crippen LogP contribution in [0, 0.1) is 23.3 Å². The highest BCUT2D eigenvalue weighted by Crippen LogP contribution is 2.39. The van der Waals surface area contributed by atoms with Gasteiger partial charge in [0.1, 0.15) is 34.3 Å². The number of thiocarbonyl (C=S) groups is 1. The normalized spacial score (nSPS) is 12.8. The Hall–Kier alpha value is -9.29. The molecule has 0 saturated heterocycles. The summed E-state index contributed by atoms with van der Waals surface area (Å²) >= 11 is 5.95. The molecule has 0 radical (unpaired) electrons. The minimum Gasteiger partial charge on any atom is -0.395 e. The van der Waals surface area contributed by atoms with Gasteiger partial charge < -0.3 is 26.2 Å². The SMILES string of the molecule is Nc1c(NC(=O)N2Cc3cccnc3C2)ccc2nc(-c3ccc(F)c(-c4nccc5c4CN(C(=S)Nc4cnc6nc(-c7ccc(F)cc7)c(-c7ccc(F)cc7)nc6c4)C5)c3)c(-c3ccc(F)cc3)nc12. The van der Waals surface area contributed by atoms with Crippen LogP contribution in [0.1, 0.15) is 22.4 Å². The van der Waals surface area contributed by atoms with Crippen LogP contribution in [-0.2, 0) is 26.2 Å². The summed E-state index contributed by atoms with van der Waals surface area (Å²) in [5.74, 6) is -1.77. The maximum absolute atomic E-state index is 16.2. The van der Waals surface area contributed by atoms with E-state index in [9.17, 15) is 18.0 Å². The number of rotatable bonds is 7. The van der Waals surface area contributed by atoms with Gasteiger partial charge >= 0.3 is 6.03 Å². The minimum absolute atomic E-state index is 0.183. The summed E-state index contributed by atoms with van der Waals surface area (Å²) in [5.41, 5.74) is 17.2. The molecule has 0 fully saturated rings. The van der Waals surface area contributed by atoms with Gasteiger partial charge in [0.15, 0.2) is 10.8 Å². The number of halogens is 4. The number of carbonyl (C=O) groups is 1. The maximum atomic E-state index is 16.2. The first-order chi connectivity index (χ1) is 35.5. The molecule has 12 rings (SSSR count). The van der Waals surface area contributed by atoms with Crippen LogP contribution in [0.4, 0.5) is 39.4 Å². The summed E-state index contributed by atoms with van der Waals surface area (Å²) in [6.45, 7) is 1.44. The Morgan fingerprint density at radius 2 is 1.19 bits per heavy atom. The molecule has 0 saturated carbocycles. The predicted octanol–water partition coefficient (Wildman–Crippen LogP) is 11.5. The summed E-state index contributed by atoms with van der Waals surface area (Å²) in [4.78, 5) is 50.4. The van der Waals surface area contributed by atoms with Crippen molar-refractivity contribution in [3.05, 3.63) is 192 Å². The molecule has 0 bridgehead atoms. The Bertz CT molecular complexity index is 3860. The molecule has 5 aromatic heterocycles. The number of hydrogen-bond donors (Lipinski definition) is 3. The maximum Gasteiger partial charge on any atom is 0.322 e. The quantitative estimate of drug-likeness (QED) is 0.0788. The number of carbonyl (C=O) groups excluding carboxylic acids is 1. The van der Waals surface area contributed by atoms with Crippen LogP contribution in [0.5, 0.6) is 0 Å². The molecule has 0 atom stereocenters. The highest BCUT2D eigenvalue weighted by molar-refractivity contribution is 7.80. The second-order valence-electron chi connectivity index (χ2n) is 17.5. The van der Waals surface area contributed by atoms with E-state index in [4.69, 9.17) is 42.9 Å². The first-order valence-corrected chi connectivity index (χ1v) is 23.3. The molecular formula is C55H36F4N12OS. The standard InChI is InChI=1S/C55H36F4N12OS/c56-35-10-3-29(4-11-35)47-49(31-7-14-37(58)15-8-31)69-53-44(66-47)23-38(24-63-53)64-55(73)71-25-33-19-21-62-51(40(33)27-71)39-22-32(9-16-41(39)59)50-48(30-5-12-36(57)13-6-30)68-52-43(65-50)18-17-42(46(52)60)67-54(72)70-26-34-2-1-20-61-45(34)28-70/h1-24H,25-28,60H2,(H,64,73)(H,67,72). The van der Waals surface area contributed by atoms with Gasteiger partial charge in [-0.2, -0.15) is 0 Å². The molecule has 5 aromatic carbocycles. The van der Waals surface area contributed by atoms with E-state index in [0.29, 0.717) is 116 Å².